The molecule has 0 spiro atoms. The minimum Gasteiger partial charge on any atom is -0.439 e. The SMILES string of the molecule is O=C(NCc1ccc(Oc2cccc(F)c2)nc1)C1CNC1. The molecule has 22 heavy (non-hydrogen) atoms. The van der Waals surface area contributed by atoms with Crippen molar-refractivity contribution >= 4 is 5.91 Å². The van der Waals surface area contributed by atoms with Gasteiger partial charge in [0.1, 0.15) is 11.6 Å². The van der Waals surface area contributed by atoms with Crippen LogP contribution in [0.2, 0.25) is 0 Å². The third-order valence-corrected chi connectivity index (χ3v) is 3.44. The highest BCUT2D eigenvalue weighted by Crippen LogP contribution is 2.20. The van der Waals surface area contributed by atoms with Gasteiger partial charge in [0.15, 0.2) is 0 Å². The molecule has 1 aromatic heterocycles. The number of halogens is 1. The molecule has 1 amide bonds. The molecular formula is C16H16FN3O2. The lowest BCUT2D eigenvalue weighted by atomic mass is 10.0. The van der Waals surface area contributed by atoms with E-state index in [1.807, 2.05) is 6.07 Å². The normalized spacial score (nSPS) is 14.2. The highest BCUT2D eigenvalue weighted by molar-refractivity contribution is 5.79. The molecule has 0 saturated carbocycles. The lowest BCUT2D eigenvalue weighted by Crippen LogP contribution is -2.50. The second-order valence-electron chi connectivity index (χ2n) is 5.14. The first kappa shape index (κ1) is 14.5. The largest absolute Gasteiger partial charge is 0.439 e. The zero-order valence-electron chi connectivity index (χ0n) is 11.9. The van der Waals surface area contributed by atoms with E-state index in [0.717, 1.165) is 18.7 Å². The number of ether oxygens (including phenoxy) is 1. The van der Waals surface area contributed by atoms with Gasteiger partial charge in [-0.3, -0.25) is 4.79 Å². The summed E-state index contributed by atoms with van der Waals surface area (Å²) >= 11 is 0. The molecule has 2 aromatic rings. The van der Waals surface area contributed by atoms with Gasteiger partial charge in [0.05, 0.1) is 5.92 Å². The van der Waals surface area contributed by atoms with Gasteiger partial charge in [0, 0.05) is 38.0 Å². The van der Waals surface area contributed by atoms with Crippen molar-refractivity contribution in [3.63, 3.8) is 0 Å². The second-order valence-corrected chi connectivity index (χ2v) is 5.14. The third kappa shape index (κ3) is 3.59. The number of nitrogens with zero attached hydrogens (tertiary/aromatic N) is 1. The third-order valence-electron chi connectivity index (χ3n) is 3.44. The fraction of sp³-hybridized carbons (Fsp3) is 0.250. The second kappa shape index (κ2) is 6.53. The van der Waals surface area contributed by atoms with E-state index >= 15 is 0 Å². The van der Waals surface area contributed by atoms with Crippen LogP contribution >= 0.6 is 0 Å². The van der Waals surface area contributed by atoms with Crippen LogP contribution < -0.4 is 15.4 Å². The molecular weight excluding hydrogens is 285 g/mol. The molecule has 1 saturated heterocycles. The monoisotopic (exact) mass is 301 g/mol. The number of rotatable bonds is 5. The van der Waals surface area contributed by atoms with Gasteiger partial charge in [0.25, 0.3) is 0 Å². The predicted molar refractivity (Wildman–Crippen MR) is 78.9 cm³/mol. The standard InChI is InChI=1S/C16H16FN3O2/c17-13-2-1-3-14(6-13)22-15-5-4-11(7-19-15)8-20-16(21)12-9-18-10-12/h1-7,12,18H,8-10H2,(H,20,21). The number of aromatic nitrogens is 1. The van der Waals surface area contributed by atoms with Crippen LogP contribution in [0.1, 0.15) is 5.56 Å². The van der Waals surface area contributed by atoms with E-state index in [2.05, 4.69) is 15.6 Å². The maximum Gasteiger partial charge on any atom is 0.225 e. The van der Waals surface area contributed by atoms with Crippen molar-refractivity contribution in [3.8, 4) is 11.6 Å². The summed E-state index contributed by atoms with van der Waals surface area (Å²) in [6.07, 6.45) is 1.63. The highest BCUT2D eigenvalue weighted by Gasteiger charge is 2.24. The Kier molecular flexibility index (Phi) is 4.29. The molecule has 2 N–H and O–H groups in total. The summed E-state index contributed by atoms with van der Waals surface area (Å²) in [7, 11) is 0. The molecule has 1 fully saturated rings. The van der Waals surface area contributed by atoms with Gasteiger partial charge in [-0.1, -0.05) is 12.1 Å². The van der Waals surface area contributed by atoms with E-state index in [9.17, 15) is 9.18 Å². The minimum atomic E-state index is -0.359. The van der Waals surface area contributed by atoms with Crippen LogP contribution in [0.25, 0.3) is 0 Å². The van der Waals surface area contributed by atoms with Crippen LogP contribution in [-0.2, 0) is 11.3 Å². The quantitative estimate of drug-likeness (QED) is 0.884. The summed E-state index contributed by atoms with van der Waals surface area (Å²) in [6, 6.07) is 9.39. The van der Waals surface area contributed by atoms with Crippen molar-refractivity contribution in [2.75, 3.05) is 13.1 Å². The highest BCUT2D eigenvalue weighted by atomic mass is 19.1. The lowest BCUT2D eigenvalue weighted by Gasteiger charge is -2.25. The Morgan fingerprint density at radius 1 is 1.36 bits per heavy atom. The van der Waals surface area contributed by atoms with Gasteiger partial charge in [-0.15, -0.1) is 0 Å². The van der Waals surface area contributed by atoms with Gasteiger partial charge >= 0.3 is 0 Å². The minimum absolute atomic E-state index is 0.0545. The van der Waals surface area contributed by atoms with E-state index in [1.165, 1.54) is 12.1 Å². The lowest BCUT2D eigenvalue weighted by molar-refractivity contribution is -0.126. The zero-order valence-corrected chi connectivity index (χ0v) is 11.9. The van der Waals surface area contributed by atoms with Gasteiger partial charge in [-0.05, 0) is 17.7 Å². The van der Waals surface area contributed by atoms with Crippen LogP contribution in [0.5, 0.6) is 11.6 Å². The van der Waals surface area contributed by atoms with E-state index < -0.39 is 0 Å². The summed E-state index contributed by atoms with van der Waals surface area (Å²) in [5.74, 6) is 0.541. The molecule has 6 heteroatoms. The van der Waals surface area contributed by atoms with Crippen molar-refractivity contribution in [2.45, 2.75) is 6.54 Å². The number of benzene rings is 1. The van der Waals surface area contributed by atoms with Gasteiger partial charge in [0.2, 0.25) is 11.8 Å². The van der Waals surface area contributed by atoms with Crippen LogP contribution in [0.3, 0.4) is 0 Å². The van der Waals surface area contributed by atoms with E-state index in [-0.39, 0.29) is 17.6 Å². The smallest absolute Gasteiger partial charge is 0.225 e. The number of hydrogen-bond donors (Lipinski definition) is 2. The Hall–Kier alpha value is -2.47. The molecule has 0 radical (unpaired) electrons. The summed E-state index contributed by atoms with van der Waals surface area (Å²) in [5, 5.41) is 5.93. The Bertz CT molecular complexity index is 657. The van der Waals surface area contributed by atoms with E-state index in [0.29, 0.717) is 18.2 Å². The molecule has 0 bridgehead atoms. The van der Waals surface area contributed by atoms with Crippen molar-refractivity contribution in [1.29, 1.82) is 0 Å². The molecule has 1 aromatic carbocycles. The number of pyridine rings is 1. The van der Waals surface area contributed by atoms with Crippen LogP contribution in [0.4, 0.5) is 4.39 Å². The first-order valence-electron chi connectivity index (χ1n) is 7.07. The van der Waals surface area contributed by atoms with Gasteiger partial charge in [-0.2, -0.15) is 0 Å². The average Bonchev–Trinajstić information content (AvgIpc) is 2.45. The number of hydrogen-bond acceptors (Lipinski definition) is 4. The summed E-state index contributed by atoms with van der Waals surface area (Å²) < 4.78 is 18.5. The molecule has 2 heterocycles. The van der Waals surface area contributed by atoms with Crippen molar-refractivity contribution < 1.29 is 13.9 Å². The molecule has 0 aliphatic carbocycles. The Labute approximate surface area is 127 Å². The number of nitrogens with one attached hydrogen (secondary N) is 2. The summed E-state index contributed by atoms with van der Waals surface area (Å²) in [5.41, 5.74) is 0.882. The predicted octanol–water partition coefficient (Wildman–Crippen LogP) is 1.85. The number of carbonyl (C=O) groups is 1. The van der Waals surface area contributed by atoms with Gasteiger partial charge < -0.3 is 15.4 Å². The summed E-state index contributed by atoms with van der Waals surface area (Å²) in [6.45, 7) is 1.91. The fourth-order valence-electron chi connectivity index (χ4n) is 2.03. The van der Waals surface area contributed by atoms with Crippen molar-refractivity contribution in [1.82, 2.24) is 15.6 Å². The van der Waals surface area contributed by atoms with E-state index in [4.69, 9.17) is 4.74 Å². The Balaban J connectivity index is 1.54. The molecule has 5 nitrogen and oxygen atoms in total. The van der Waals surface area contributed by atoms with Gasteiger partial charge in [-0.25, -0.2) is 9.37 Å². The van der Waals surface area contributed by atoms with Crippen LogP contribution in [0, 0.1) is 11.7 Å². The number of amides is 1. The molecule has 3 rings (SSSR count). The van der Waals surface area contributed by atoms with Crippen molar-refractivity contribution in [3.05, 3.63) is 54.0 Å². The van der Waals surface area contributed by atoms with Crippen LogP contribution in [-0.4, -0.2) is 24.0 Å². The fourth-order valence-corrected chi connectivity index (χ4v) is 2.03. The van der Waals surface area contributed by atoms with E-state index in [1.54, 1.807) is 24.4 Å². The topological polar surface area (TPSA) is 63.2 Å². The molecule has 1 aliphatic heterocycles. The number of carbonyl (C=O) groups excluding carboxylic acids is 1. The molecule has 0 atom stereocenters. The average molecular weight is 301 g/mol. The summed E-state index contributed by atoms with van der Waals surface area (Å²) in [4.78, 5) is 15.9. The maximum atomic E-state index is 13.1. The first-order chi connectivity index (χ1) is 10.7. The molecule has 114 valence electrons. The molecule has 1 aliphatic rings. The Morgan fingerprint density at radius 2 is 2.23 bits per heavy atom. The zero-order chi connectivity index (χ0) is 15.4. The Morgan fingerprint density at radius 3 is 2.86 bits per heavy atom. The molecule has 0 unspecified atom stereocenters. The van der Waals surface area contributed by atoms with Crippen LogP contribution in [0.15, 0.2) is 42.6 Å². The van der Waals surface area contributed by atoms with Crippen molar-refractivity contribution in [2.24, 2.45) is 5.92 Å². The first-order valence-corrected chi connectivity index (χ1v) is 7.07. The maximum absolute atomic E-state index is 13.1.